The van der Waals surface area contributed by atoms with Gasteiger partial charge in [0.15, 0.2) is 0 Å². The summed E-state index contributed by atoms with van der Waals surface area (Å²) in [6, 6.07) is 2.81. The molecule has 9 N–H and O–H groups in total. The van der Waals surface area contributed by atoms with E-state index in [1.54, 1.807) is 30.3 Å². The third kappa shape index (κ3) is 9.35. The Hall–Kier alpha value is -4.30. The van der Waals surface area contributed by atoms with E-state index in [1.807, 2.05) is 0 Å². The van der Waals surface area contributed by atoms with Gasteiger partial charge in [0.05, 0.1) is 18.9 Å². The Morgan fingerprint density at radius 2 is 1.51 bits per heavy atom. The Kier molecular flexibility index (Phi) is 10.7. The molecule has 0 radical (unpaired) electrons. The number of aromatic amines is 1. The minimum Gasteiger partial charge on any atom is -0.481 e. The highest BCUT2D eigenvalue weighted by atomic mass is 16.4. The zero-order chi connectivity index (χ0) is 27.5. The van der Waals surface area contributed by atoms with Gasteiger partial charge in [-0.1, -0.05) is 30.3 Å². The third-order valence-corrected chi connectivity index (χ3v) is 5.34. The molecule has 200 valence electrons. The lowest BCUT2D eigenvalue weighted by atomic mass is 10.0. The first kappa shape index (κ1) is 28.9. The van der Waals surface area contributed by atoms with Gasteiger partial charge in [-0.2, -0.15) is 0 Å². The number of nitrogens with one attached hydrogen (secondary N) is 4. The van der Waals surface area contributed by atoms with Gasteiger partial charge in [0.2, 0.25) is 17.7 Å². The maximum atomic E-state index is 13.1. The van der Waals surface area contributed by atoms with Crippen molar-refractivity contribution in [2.75, 3.05) is 0 Å². The number of carbonyl (C=O) groups excluding carboxylic acids is 3. The number of aliphatic hydroxyl groups excluding tert-OH is 1. The van der Waals surface area contributed by atoms with Crippen molar-refractivity contribution in [2.24, 2.45) is 5.73 Å². The van der Waals surface area contributed by atoms with Gasteiger partial charge in [0.1, 0.15) is 24.2 Å². The van der Waals surface area contributed by atoms with E-state index in [1.165, 1.54) is 19.4 Å². The normalized spacial score (nSPS) is 14.9. The number of benzene rings is 1. The van der Waals surface area contributed by atoms with Crippen LogP contribution < -0.4 is 21.7 Å². The minimum absolute atomic E-state index is 0.0378. The van der Waals surface area contributed by atoms with Crippen molar-refractivity contribution in [3.05, 3.63) is 54.1 Å². The minimum atomic E-state index is -1.66. The van der Waals surface area contributed by atoms with Crippen LogP contribution >= 0.6 is 0 Å². The molecule has 2 rings (SSSR count). The van der Waals surface area contributed by atoms with Crippen LogP contribution in [0, 0.1) is 0 Å². The fourth-order valence-corrected chi connectivity index (χ4v) is 3.29. The Morgan fingerprint density at radius 1 is 0.919 bits per heavy atom. The quantitative estimate of drug-likeness (QED) is 0.136. The number of amides is 3. The van der Waals surface area contributed by atoms with Gasteiger partial charge >= 0.3 is 11.9 Å². The molecule has 5 unspecified atom stereocenters. The van der Waals surface area contributed by atoms with E-state index in [0.717, 1.165) is 0 Å². The number of aromatic nitrogens is 2. The second-order valence-corrected chi connectivity index (χ2v) is 8.36. The lowest BCUT2D eigenvalue weighted by molar-refractivity contribution is -0.143. The maximum absolute atomic E-state index is 13.1. The number of rotatable bonds is 14. The first-order valence-corrected chi connectivity index (χ1v) is 11.3. The average molecular weight is 519 g/mol. The molecule has 37 heavy (non-hydrogen) atoms. The summed E-state index contributed by atoms with van der Waals surface area (Å²) in [5.74, 6) is -5.61. The molecule has 0 aliphatic carbocycles. The molecule has 0 aliphatic heterocycles. The third-order valence-electron chi connectivity index (χ3n) is 5.34. The molecule has 3 amide bonds. The molecule has 1 heterocycles. The molecule has 5 atom stereocenters. The summed E-state index contributed by atoms with van der Waals surface area (Å²) in [5.41, 5.74) is 6.70. The highest BCUT2D eigenvalue weighted by molar-refractivity contribution is 5.95. The number of nitrogens with two attached hydrogens (primary N) is 1. The van der Waals surface area contributed by atoms with Crippen LogP contribution in [0.4, 0.5) is 0 Å². The lowest BCUT2D eigenvalue weighted by Crippen LogP contribution is -2.59. The first-order chi connectivity index (χ1) is 17.5. The molecule has 14 nitrogen and oxygen atoms in total. The van der Waals surface area contributed by atoms with Gasteiger partial charge in [-0.3, -0.25) is 19.2 Å². The standard InChI is InChI=1S/C23H30N6O8/c1-12(30)19(24)22(35)28-15(7-13-5-3-2-4-6-13)20(33)27-16(9-18(31)32)21(34)29-17(23(36)37)8-14-10-25-11-26-14/h2-6,10-12,15-17,19,30H,7-9,24H2,1H3,(H,25,26)(H,27,33)(H,28,35)(H,29,34)(H,31,32)(H,36,37). The van der Waals surface area contributed by atoms with Gasteiger partial charge in [0.25, 0.3) is 0 Å². The summed E-state index contributed by atoms with van der Waals surface area (Å²) in [5, 5.41) is 35.3. The number of H-pyrrole nitrogens is 1. The second-order valence-electron chi connectivity index (χ2n) is 8.36. The maximum Gasteiger partial charge on any atom is 0.326 e. The predicted molar refractivity (Wildman–Crippen MR) is 128 cm³/mol. The molecule has 14 heteroatoms. The number of nitrogens with zero attached hydrogens (tertiary/aromatic N) is 1. The zero-order valence-electron chi connectivity index (χ0n) is 20.0. The summed E-state index contributed by atoms with van der Waals surface area (Å²) in [6.07, 6.45) is 0.422. The van der Waals surface area contributed by atoms with Crippen LogP contribution in [0.2, 0.25) is 0 Å². The molecule has 0 saturated heterocycles. The van der Waals surface area contributed by atoms with Crippen molar-refractivity contribution in [2.45, 2.75) is 56.5 Å². The summed E-state index contributed by atoms with van der Waals surface area (Å²) in [7, 11) is 0. The Bertz CT molecular complexity index is 1080. The smallest absolute Gasteiger partial charge is 0.326 e. The van der Waals surface area contributed by atoms with Gasteiger partial charge in [-0.15, -0.1) is 0 Å². The molecule has 0 fully saturated rings. The summed E-state index contributed by atoms with van der Waals surface area (Å²) < 4.78 is 0. The zero-order valence-corrected chi connectivity index (χ0v) is 20.0. The van der Waals surface area contributed by atoms with E-state index in [4.69, 9.17) is 5.73 Å². The molecular formula is C23H30N6O8. The SMILES string of the molecule is CC(O)C(N)C(=O)NC(Cc1ccccc1)C(=O)NC(CC(=O)O)C(=O)NC(Cc1cnc[nH]1)C(=O)O. The van der Waals surface area contributed by atoms with Crippen LogP contribution in [0.25, 0.3) is 0 Å². The van der Waals surface area contributed by atoms with E-state index in [9.17, 15) is 39.3 Å². The van der Waals surface area contributed by atoms with E-state index < -0.39 is 66.4 Å². The number of hydrogen-bond donors (Lipinski definition) is 8. The number of aliphatic carboxylic acids is 2. The van der Waals surface area contributed by atoms with E-state index in [0.29, 0.717) is 11.3 Å². The van der Waals surface area contributed by atoms with E-state index in [2.05, 4.69) is 25.9 Å². The molecule has 2 aromatic rings. The first-order valence-electron chi connectivity index (χ1n) is 11.3. The number of aliphatic hydroxyl groups is 1. The molecule has 0 spiro atoms. The van der Waals surface area contributed by atoms with Crippen LogP contribution in [0.5, 0.6) is 0 Å². The van der Waals surface area contributed by atoms with Crippen molar-refractivity contribution >= 4 is 29.7 Å². The second kappa shape index (κ2) is 13.7. The number of carbonyl (C=O) groups is 5. The molecule has 0 bridgehead atoms. The number of imidazole rings is 1. The number of hydrogen-bond acceptors (Lipinski definition) is 8. The van der Waals surface area contributed by atoms with Crippen molar-refractivity contribution in [1.29, 1.82) is 0 Å². The van der Waals surface area contributed by atoms with Crippen LogP contribution in [0.3, 0.4) is 0 Å². The Labute approximate surface area is 211 Å². The van der Waals surface area contributed by atoms with Crippen LogP contribution in [-0.4, -0.2) is 85.2 Å². The lowest BCUT2D eigenvalue weighted by Gasteiger charge is -2.25. The van der Waals surface area contributed by atoms with Crippen molar-refractivity contribution in [1.82, 2.24) is 25.9 Å². The van der Waals surface area contributed by atoms with E-state index >= 15 is 0 Å². The Balaban J connectivity index is 2.21. The summed E-state index contributed by atoms with van der Waals surface area (Å²) >= 11 is 0. The monoisotopic (exact) mass is 518 g/mol. The van der Waals surface area contributed by atoms with Gasteiger partial charge in [-0.05, 0) is 12.5 Å². The highest BCUT2D eigenvalue weighted by Gasteiger charge is 2.32. The van der Waals surface area contributed by atoms with Gasteiger partial charge in [0, 0.05) is 24.7 Å². The molecule has 1 aromatic carbocycles. The Morgan fingerprint density at radius 3 is 2.05 bits per heavy atom. The van der Waals surface area contributed by atoms with Crippen LogP contribution in [-0.2, 0) is 36.8 Å². The summed E-state index contributed by atoms with van der Waals surface area (Å²) in [6.45, 7) is 1.30. The van der Waals surface area contributed by atoms with E-state index in [-0.39, 0.29) is 12.8 Å². The average Bonchev–Trinajstić information content (AvgIpc) is 3.35. The van der Waals surface area contributed by atoms with Crippen LogP contribution in [0.15, 0.2) is 42.9 Å². The topological polar surface area (TPSA) is 237 Å². The number of carboxylic acid groups (broad SMARTS) is 2. The van der Waals surface area contributed by atoms with Crippen LogP contribution in [0.1, 0.15) is 24.6 Å². The van der Waals surface area contributed by atoms with Gasteiger partial charge in [-0.25, -0.2) is 9.78 Å². The molecule has 0 saturated carbocycles. The molecular weight excluding hydrogens is 488 g/mol. The molecule has 1 aromatic heterocycles. The van der Waals surface area contributed by atoms with Gasteiger partial charge < -0.3 is 42.0 Å². The summed E-state index contributed by atoms with van der Waals surface area (Å²) in [4.78, 5) is 67.9. The van der Waals surface area contributed by atoms with Crippen molar-refractivity contribution in [3.8, 4) is 0 Å². The van der Waals surface area contributed by atoms with Crippen molar-refractivity contribution in [3.63, 3.8) is 0 Å². The fraction of sp³-hybridized carbons (Fsp3) is 0.391. The van der Waals surface area contributed by atoms with Crippen molar-refractivity contribution < 1.29 is 39.3 Å². The number of carboxylic acids is 2. The largest absolute Gasteiger partial charge is 0.481 e. The predicted octanol–water partition coefficient (Wildman–Crippen LogP) is -2.08. The fourth-order valence-electron chi connectivity index (χ4n) is 3.29. The highest BCUT2D eigenvalue weighted by Crippen LogP contribution is 2.07. The molecule has 0 aliphatic rings.